The lowest BCUT2D eigenvalue weighted by atomic mass is 9.49. The highest BCUT2D eigenvalue weighted by Crippen LogP contribution is 2.84. The average Bonchev–Trinajstić information content (AvgIpc) is 2.72. The molecule has 5 rings (SSSR count). The van der Waals surface area contributed by atoms with Gasteiger partial charge in [-0.25, -0.2) is 0 Å². The van der Waals surface area contributed by atoms with Gasteiger partial charge < -0.3 is 0 Å². The minimum absolute atomic E-state index is 0.317. The zero-order chi connectivity index (χ0) is 12.0. The van der Waals surface area contributed by atoms with Crippen molar-refractivity contribution in [1.82, 2.24) is 0 Å². The van der Waals surface area contributed by atoms with Crippen molar-refractivity contribution in [3.05, 3.63) is 0 Å². The van der Waals surface area contributed by atoms with Crippen LogP contribution in [0.3, 0.4) is 0 Å². The van der Waals surface area contributed by atoms with Crippen molar-refractivity contribution in [1.29, 1.82) is 0 Å². The van der Waals surface area contributed by atoms with E-state index < -0.39 is 4.33 Å². The van der Waals surface area contributed by atoms with Gasteiger partial charge in [-0.1, -0.05) is 13.8 Å². The molecule has 5 fully saturated rings. The molecule has 0 amide bonds. The summed E-state index contributed by atoms with van der Waals surface area (Å²) in [5.41, 5.74) is 0.317. The maximum absolute atomic E-state index is 6.77. The van der Waals surface area contributed by atoms with Crippen molar-refractivity contribution in [2.75, 3.05) is 0 Å². The minimum Gasteiger partial charge on any atom is -0.101 e. The minimum atomic E-state index is -0.399. The van der Waals surface area contributed by atoms with Gasteiger partial charge in [-0.3, -0.25) is 0 Å². The van der Waals surface area contributed by atoms with Gasteiger partial charge >= 0.3 is 0 Å². The molecule has 1 unspecified atom stereocenters. The van der Waals surface area contributed by atoms with E-state index in [0.29, 0.717) is 17.3 Å². The molecule has 0 aromatic rings. The Morgan fingerprint density at radius 1 is 0.882 bits per heavy atom. The normalized spacial score (nSPS) is 58.1. The SMILES string of the molecule is CC(C)C1C(Cl)(Cl)C12C1CC3CC(C1)CC2C3. The number of hydrogen-bond acceptors (Lipinski definition) is 0. The first-order valence-corrected chi connectivity index (χ1v) is 8.11. The third kappa shape index (κ3) is 1.14. The van der Waals surface area contributed by atoms with Crippen LogP contribution in [0.25, 0.3) is 0 Å². The predicted molar refractivity (Wildman–Crippen MR) is 72.2 cm³/mol. The van der Waals surface area contributed by atoms with Gasteiger partial charge in [0.25, 0.3) is 0 Å². The molecule has 5 aliphatic carbocycles. The first-order chi connectivity index (χ1) is 7.98. The molecule has 96 valence electrons. The largest absolute Gasteiger partial charge is 0.128 e. The van der Waals surface area contributed by atoms with Gasteiger partial charge in [-0.2, -0.15) is 0 Å². The van der Waals surface area contributed by atoms with Gasteiger partial charge in [0.15, 0.2) is 0 Å². The molecule has 0 saturated heterocycles. The topological polar surface area (TPSA) is 0 Å². The monoisotopic (exact) mass is 272 g/mol. The van der Waals surface area contributed by atoms with E-state index in [1.54, 1.807) is 0 Å². The molecule has 17 heavy (non-hydrogen) atoms. The summed E-state index contributed by atoms with van der Waals surface area (Å²) in [4.78, 5) is 0. The molecule has 2 heteroatoms. The highest BCUT2D eigenvalue weighted by Gasteiger charge is 2.83. The molecule has 0 aliphatic heterocycles. The first kappa shape index (κ1) is 11.4. The molecule has 0 aromatic heterocycles. The summed E-state index contributed by atoms with van der Waals surface area (Å²) in [6, 6.07) is 0. The molecule has 1 spiro atoms. The molecule has 5 aliphatic rings. The van der Waals surface area contributed by atoms with E-state index in [2.05, 4.69) is 13.8 Å². The van der Waals surface area contributed by atoms with Crippen molar-refractivity contribution < 1.29 is 0 Å². The molecule has 0 heterocycles. The lowest BCUT2D eigenvalue weighted by Crippen LogP contribution is -2.49. The Bertz CT molecular complexity index is 330. The lowest BCUT2D eigenvalue weighted by Gasteiger charge is -2.56. The second-order valence-electron chi connectivity index (χ2n) is 7.58. The zero-order valence-electron chi connectivity index (χ0n) is 10.8. The van der Waals surface area contributed by atoms with Gasteiger partial charge in [0.2, 0.25) is 0 Å². The average molecular weight is 273 g/mol. The lowest BCUT2D eigenvalue weighted by molar-refractivity contribution is -0.0641. The van der Waals surface area contributed by atoms with E-state index >= 15 is 0 Å². The molecule has 0 N–H and O–H groups in total. The van der Waals surface area contributed by atoms with Gasteiger partial charge in [-0.05, 0) is 61.7 Å². The molecule has 0 radical (unpaired) electrons. The van der Waals surface area contributed by atoms with Crippen LogP contribution in [0, 0.1) is 40.9 Å². The molecule has 5 saturated carbocycles. The Labute approximate surface area is 114 Å². The highest BCUT2D eigenvalue weighted by atomic mass is 35.5. The van der Waals surface area contributed by atoms with Crippen LogP contribution in [0.5, 0.6) is 0 Å². The van der Waals surface area contributed by atoms with E-state index in [-0.39, 0.29) is 0 Å². The summed E-state index contributed by atoms with van der Waals surface area (Å²) in [5.74, 6) is 4.93. The van der Waals surface area contributed by atoms with Gasteiger partial charge in [0.1, 0.15) is 4.33 Å². The van der Waals surface area contributed by atoms with Gasteiger partial charge in [0.05, 0.1) is 0 Å². The molecule has 0 aromatic carbocycles. The Kier molecular flexibility index (Phi) is 2.13. The molecular formula is C15H22Cl2. The van der Waals surface area contributed by atoms with Crippen LogP contribution in [-0.4, -0.2) is 4.33 Å². The third-order valence-electron chi connectivity index (χ3n) is 6.56. The van der Waals surface area contributed by atoms with Crippen LogP contribution >= 0.6 is 23.2 Å². The Morgan fingerprint density at radius 3 is 1.71 bits per heavy atom. The number of rotatable bonds is 1. The zero-order valence-corrected chi connectivity index (χ0v) is 12.3. The van der Waals surface area contributed by atoms with Crippen molar-refractivity contribution >= 4 is 23.2 Å². The molecular weight excluding hydrogens is 251 g/mol. The van der Waals surface area contributed by atoms with E-state index in [9.17, 15) is 0 Å². The molecule has 0 nitrogen and oxygen atoms in total. The molecule has 1 atom stereocenters. The fraction of sp³-hybridized carbons (Fsp3) is 1.00. The Morgan fingerprint density at radius 2 is 1.35 bits per heavy atom. The maximum Gasteiger partial charge on any atom is 0.128 e. The standard InChI is InChI=1S/C15H22Cl2/c1-8(2)13-14(15(13,16)17)11-4-9-3-10(6-11)7-12(14)5-9/h8-13H,3-7H2,1-2H3. The Balaban J connectivity index is 1.75. The summed E-state index contributed by atoms with van der Waals surface area (Å²) in [6.07, 6.45) is 7.22. The number of alkyl halides is 2. The fourth-order valence-electron chi connectivity index (χ4n) is 6.46. The van der Waals surface area contributed by atoms with E-state index in [4.69, 9.17) is 23.2 Å². The summed E-state index contributed by atoms with van der Waals surface area (Å²) in [7, 11) is 0. The second-order valence-corrected chi connectivity index (χ2v) is 8.97. The number of halogens is 2. The molecule has 4 bridgehead atoms. The van der Waals surface area contributed by atoms with E-state index in [1.807, 2.05) is 0 Å². The van der Waals surface area contributed by atoms with E-state index in [0.717, 1.165) is 23.7 Å². The quantitative estimate of drug-likeness (QED) is 0.597. The summed E-state index contributed by atoms with van der Waals surface area (Å²) >= 11 is 13.5. The highest BCUT2D eigenvalue weighted by molar-refractivity contribution is 6.52. The Hall–Kier alpha value is 0.580. The van der Waals surface area contributed by atoms with Crippen molar-refractivity contribution in [3.8, 4) is 0 Å². The van der Waals surface area contributed by atoms with Gasteiger partial charge in [0, 0.05) is 11.3 Å². The third-order valence-corrected chi connectivity index (χ3v) is 7.68. The van der Waals surface area contributed by atoms with Crippen LogP contribution in [0.2, 0.25) is 0 Å². The van der Waals surface area contributed by atoms with Crippen molar-refractivity contribution in [2.24, 2.45) is 40.9 Å². The summed E-state index contributed by atoms with van der Waals surface area (Å²) in [5, 5.41) is 0. The van der Waals surface area contributed by atoms with E-state index in [1.165, 1.54) is 32.1 Å². The van der Waals surface area contributed by atoms with Crippen molar-refractivity contribution in [2.45, 2.75) is 50.3 Å². The smallest absolute Gasteiger partial charge is 0.101 e. The summed E-state index contributed by atoms with van der Waals surface area (Å²) in [6.45, 7) is 4.62. The van der Waals surface area contributed by atoms with Crippen LogP contribution in [-0.2, 0) is 0 Å². The number of hydrogen-bond donors (Lipinski definition) is 0. The van der Waals surface area contributed by atoms with Crippen LogP contribution < -0.4 is 0 Å². The first-order valence-electron chi connectivity index (χ1n) is 7.35. The summed E-state index contributed by atoms with van der Waals surface area (Å²) < 4.78 is -0.399. The van der Waals surface area contributed by atoms with Crippen LogP contribution in [0.4, 0.5) is 0 Å². The van der Waals surface area contributed by atoms with Crippen molar-refractivity contribution in [3.63, 3.8) is 0 Å². The maximum atomic E-state index is 6.77. The second kappa shape index (κ2) is 3.18. The van der Waals surface area contributed by atoms with Crippen LogP contribution in [0.15, 0.2) is 0 Å². The van der Waals surface area contributed by atoms with Gasteiger partial charge in [-0.15, -0.1) is 23.2 Å². The predicted octanol–water partition coefficient (Wildman–Crippen LogP) is 4.89. The fourth-order valence-corrected chi connectivity index (χ4v) is 8.07. The van der Waals surface area contributed by atoms with Crippen LogP contribution in [0.1, 0.15) is 46.0 Å².